The fourth-order valence-electron chi connectivity index (χ4n) is 4.12. The minimum Gasteiger partial charge on any atom is -0.445 e. The summed E-state index contributed by atoms with van der Waals surface area (Å²) in [5, 5.41) is 10.8. The molecular formula is C26H23BrFN5O4. The van der Waals surface area contributed by atoms with Gasteiger partial charge in [-0.3, -0.25) is 9.78 Å². The number of H-pyrrole nitrogens is 1. The first-order valence-corrected chi connectivity index (χ1v) is 12.4. The van der Waals surface area contributed by atoms with Crippen LogP contribution < -0.4 is 10.6 Å². The van der Waals surface area contributed by atoms with Crippen molar-refractivity contribution in [3.8, 4) is 0 Å². The van der Waals surface area contributed by atoms with Crippen LogP contribution in [0.15, 0.2) is 66.1 Å². The van der Waals surface area contributed by atoms with Gasteiger partial charge in [-0.05, 0) is 51.8 Å². The molecule has 2 aromatic heterocycles. The predicted octanol–water partition coefficient (Wildman–Crippen LogP) is 4.31. The van der Waals surface area contributed by atoms with Gasteiger partial charge < -0.3 is 25.2 Å². The van der Waals surface area contributed by atoms with Gasteiger partial charge in [-0.1, -0.05) is 23.4 Å². The lowest BCUT2D eigenvalue weighted by atomic mass is 10.0. The highest BCUT2D eigenvalue weighted by Crippen LogP contribution is 2.21. The average molecular weight is 568 g/mol. The maximum Gasteiger partial charge on any atom is 0.408 e. The van der Waals surface area contributed by atoms with Crippen molar-refractivity contribution < 1.29 is 23.6 Å². The van der Waals surface area contributed by atoms with Gasteiger partial charge in [-0.2, -0.15) is 0 Å². The van der Waals surface area contributed by atoms with E-state index in [0.717, 1.165) is 16.4 Å². The number of oxime groups is 1. The van der Waals surface area contributed by atoms with E-state index in [1.807, 2.05) is 30.3 Å². The van der Waals surface area contributed by atoms with Crippen molar-refractivity contribution in [3.63, 3.8) is 0 Å². The van der Waals surface area contributed by atoms with Gasteiger partial charge in [0.25, 0.3) is 0 Å². The van der Waals surface area contributed by atoms with Crippen LogP contribution in [0.4, 0.5) is 9.18 Å². The van der Waals surface area contributed by atoms with Crippen molar-refractivity contribution in [1.29, 1.82) is 0 Å². The number of rotatable bonds is 8. The molecule has 0 spiro atoms. The van der Waals surface area contributed by atoms with Crippen molar-refractivity contribution in [2.24, 2.45) is 5.16 Å². The Morgan fingerprint density at radius 2 is 2.11 bits per heavy atom. The number of carbonyl (C=O) groups is 2. The van der Waals surface area contributed by atoms with Gasteiger partial charge in [0.15, 0.2) is 6.10 Å². The smallest absolute Gasteiger partial charge is 0.408 e. The lowest BCUT2D eigenvalue weighted by Gasteiger charge is -2.19. The highest BCUT2D eigenvalue weighted by Gasteiger charge is 2.26. The van der Waals surface area contributed by atoms with Crippen LogP contribution in [-0.2, 0) is 27.4 Å². The Balaban J connectivity index is 1.26. The Labute approximate surface area is 219 Å². The number of aromatic nitrogens is 2. The van der Waals surface area contributed by atoms with Gasteiger partial charge >= 0.3 is 6.09 Å². The molecule has 37 heavy (non-hydrogen) atoms. The van der Waals surface area contributed by atoms with Crippen LogP contribution >= 0.6 is 15.9 Å². The number of nitrogens with zero attached hydrogens (tertiary/aromatic N) is 2. The number of fused-ring (bicyclic) bond motifs is 2. The van der Waals surface area contributed by atoms with Crippen LogP contribution in [0.2, 0.25) is 0 Å². The second kappa shape index (κ2) is 11.0. The molecule has 0 radical (unpaired) electrons. The molecule has 1 aliphatic heterocycles. The van der Waals surface area contributed by atoms with Crippen LogP contribution in [0.3, 0.4) is 0 Å². The van der Waals surface area contributed by atoms with E-state index in [4.69, 9.17) is 9.57 Å². The van der Waals surface area contributed by atoms with Gasteiger partial charge in [0, 0.05) is 47.1 Å². The monoisotopic (exact) mass is 567 g/mol. The quantitative estimate of drug-likeness (QED) is 0.293. The molecule has 9 nitrogen and oxygen atoms in total. The molecule has 2 aromatic carbocycles. The summed E-state index contributed by atoms with van der Waals surface area (Å²) in [5.74, 6) is -0.823. The van der Waals surface area contributed by atoms with E-state index in [0.29, 0.717) is 27.6 Å². The third kappa shape index (κ3) is 6.05. The Morgan fingerprint density at radius 3 is 2.95 bits per heavy atom. The number of nitrogens with one attached hydrogen (secondary N) is 3. The maximum absolute atomic E-state index is 13.9. The summed E-state index contributed by atoms with van der Waals surface area (Å²) < 4.78 is 19.9. The molecule has 0 fully saturated rings. The molecule has 0 bridgehead atoms. The van der Waals surface area contributed by atoms with Crippen molar-refractivity contribution in [1.82, 2.24) is 20.6 Å². The van der Waals surface area contributed by atoms with E-state index in [1.165, 1.54) is 12.1 Å². The molecule has 3 N–H and O–H groups in total. The normalized spacial score (nSPS) is 15.7. The minimum atomic E-state index is -0.977. The van der Waals surface area contributed by atoms with Crippen LogP contribution in [0.5, 0.6) is 0 Å². The molecule has 5 rings (SSSR count). The number of carbonyl (C=O) groups excluding carboxylic acids is 2. The Hall–Kier alpha value is -3.99. The third-order valence-electron chi connectivity index (χ3n) is 5.98. The first kappa shape index (κ1) is 24.7. The summed E-state index contributed by atoms with van der Waals surface area (Å²) in [5.41, 5.74) is 2.96. The number of hydrogen-bond donors (Lipinski definition) is 3. The molecular weight excluding hydrogens is 545 g/mol. The fourth-order valence-corrected chi connectivity index (χ4v) is 4.56. The number of alkyl carbamates (subject to hydrolysis) is 1. The average Bonchev–Trinajstić information content (AvgIpc) is 3.50. The van der Waals surface area contributed by atoms with Gasteiger partial charge in [0.2, 0.25) is 5.91 Å². The number of benzene rings is 2. The van der Waals surface area contributed by atoms with Gasteiger partial charge in [0.05, 0.1) is 12.1 Å². The molecule has 190 valence electrons. The summed E-state index contributed by atoms with van der Waals surface area (Å²) in [6.45, 7) is 0.188. The van der Waals surface area contributed by atoms with Crippen LogP contribution in [0.1, 0.15) is 17.5 Å². The Bertz CT molecular complexity index is 1490. The number of pyridine rings is 1. The third-order valence-corrected chi connectivity index (χ3v) is 6.45. The van der Waals surface area contributed by atoms with Crippen LogP contribution in [0.25, 0.3) is 21.8 Å². The zero-order chi connectivity index (χ0) is 25.8. The number of halogens is 2. The number of hydrogen-bond acceptors (Lipinski definition) is 6. The van der Waals surface area contributed by atoms with Gasteiger partial charge in [-0.25, -0.2) is 9.18 Å². The van der Waals surface area contributed by atoms with Crippen LogP contribution in [-0.4, -0.2) is 45.3 Å². The van der Waals surface area contributed by atoms with Gasteiger partial charge in [0.1, 0.15) is 23.1 Å². The number of aromatic amines is 1. The zero-order valence-electron chi connectivity index (χ0n) is 19.5. The summed E-state index contributed by atoms with van der Waals surface area (Å²) in [6, 6.07) is 12.9. The number of amides is 2. The molecule has 4 aromatic rings. The van der Waals surface area contributed by atoms with E-state index >= 15 is 0 Å². The predicted molar refractivity (Wildman–Crippen MR) is 140 cm³/mol. The van der Waals surface area contributed by atoms with E-state index in [2.05, 4.69) is 41.7 Å². The molecule has 0 aliphatic carbocycles. The molecule has 0 saturated carbocycles. The highest BCUT2D eigenvalue weighted by molar-refractivity contribution is 9.18. The lowest BCUT2D eigenvalue weighted by molar-refractivity contribution is -0.123. The highest BCUT2D eigenvalue weighted by atomic mass is 79.9. The summed E-state index contributed by atoms with van der Waals surface area (Å²) in [4.78, 5) is 38.4. The molecule has 11 heteroatoms. The summed E-state index contributed by atoms with van der Waals surface area (Å²) >= 11 is 3.27. The van der Waals surface area contributed by atoms with Gasteiger partial charge in [-0.15, -0.1) is 0 Å². The molecule has 3 heterocycles. The largest absolute Gasteiger partial charge is 0.445 e. The number of ether oxygens (including phenoxy) is 1. The van der Waals surface area contributed by atoms with E-state index in [-0.39, 0.29) is 25.7 Å². The maximum atomic E-state index is 13.9. The van der Waals surface area contributed by atoms with Crippen LogP contribution in [0, 0.1) is 5.82 Å². The summed E-state index contributed by atoms with van der Waals surface area (Å²) in [6.07, 6.45) is 2.91. The zero-order valence-corrected chi connectivity index (χ0v) is 21.1. The molecule has 0 unspecified atom stereocenters. The van der Waals surface area contributed by atoms with E-state index < -0.39 is 23.9 Å². The van der Waals surface area contributed by atoms with Crippen molar-refractivity contribution >= 4 is 54.4 Å². The topological polar surface area (TPSA) is 118 Å². The first-order valence-electron chi connectivity index (χ1n) is 11.6. The molecule has 1 aliphatic rings. The van der Waals surface area contributed by atoms with Crippen molar-refractivity contribution in [2.45, 2.75) is 31.6 Å². The second-order valence-corrected chi connectivity index (χ2v) is 9.58. The Kier molecular flexibility index (Phi) is 7.31. The SMILES string of the molecule is O=C(N[C@@H](Cc1c[nH]c2ccc(F)cc12)C(=O)NC[C@H]1CC(Br)=NO1)OCc1cnc2ccccc2c1. The van der Waals surface area contributed by atoms with E-state index in [9.17, 15) is 14.0 Å². The fraction of sp³-hybridized carbons (Fsp3) is 0.231. The van der Waals surface area contributed by atoms with E-state index in [1.54, 1.807) is 18.5 Å². The van der Waals surface area contributed by atoms with Crippen molar-refractivity contribution in [2.75, 3.05) is 6.54 Å². The first-order chi connectivity index (χ1) is 17.9. The van der Waals surface area contributed by atoms with Crippen molar-refractivity contribution in [3.05, 3.63) is 77.9 Å². The Morgan fingerprint density at radius 1 is 1.24 bits per heavy atom. The number of para-hydroxylation sites is 1. The minimum absolute atomic E-state index is 0.0163. The second-order valence-electron chi connectivity index (χ2n) is 8.66. The molecule has 0 saturated heterocycles. The lowest BCUT2D eigenvalue weighted by Crippen LogP contribution is -2.49. The standard InChI is InChI=1S/C26H23BrFN5O4/c27-24-10-19(37-33-24)13-31-25(34)23(8-17-12-30-22-6-5-18(28)9-20(17)22)32-26(35)36-14-15-7-16-3-1-2-4-21(16)29-11-15/h1-7,9,11-12,19,23,30H,8,10,13-14H2,(H,31,34)(H,32,35)/t19-,23+/m1/s1. The molecule has 2 atom stereocenters. The summed E-state index contributed by atoms with van der Waals surface area (Å²) in [7, 11) is 0. The molecule has 2 amide bonds.